The van der Waals surface area contributed by atoms with E-state index in [2.05, 4.69) is 26.8 Å². The van der Waals surface area contributed by atoms with Crippen molar-refractivity contribution < 1.29 is 5.11 Å². The van der Waals surface area contributed by atoms with Gasteiger partial charge >= 0.3 is 0 Å². The van der Waals surface area contributed by atoms with E-state index in [1.807, 2.05) is 6.07 Å². The zero-order chi connectivity index (χ0) is 13.0. The van der Waals surface area contributed by atoms with Crippen molar-refractivity contribution in [3.05, 3.63) is 23.5 Å². The molecule has 0 spiro atoms. The number of hydrogen-bond acceptors (Lipinski definition) is 5. The summed E-state index contributed by atoms with van der Waals surface area (Å²) in [6.45, 7) is 5.16. The number of hydrogen-bond donors (Lipinski definition) is 1. The van der Waals surface area contributed by atoms with Crippen LogP contribution in [0.25, 0.3) is 0 Å². The fourth-order valence-corrected chi connectivity index (χ4v) is 2.05. The molecule has 0 radical (unpaired) electrons. The maximum Gasteiger partial charge on any atom is 0.142 e. The highest BCUT2D eigenvalue weighted by molar-refractivity contribution is 5.80. The molecule has 18 heavy (non-hydrogen) atoms. The highest BCUT2D eigenvalue weighted by atomic mass is 16.3. The predicted molar refractivity (Wildman–Crippen MR) is 72.2 cm³/mol. The third-order valence-corrected chi connectivity index (χ3v) is 3.19. The van der Waals surface area contributed by atoms with Crippen LogP contribution in [0.15, 0.2) is 17.1 Å². The molecule has 5 nitrogen and oxygen atoms in total. The SMILES string of the molecule is C/N=C/c1nc(CN2CCN(C)CC2)ccc1O. The Bertz CT molecular complexity index is 425. The Morgan fingerprint density at radius 1 is 1.33 bits per heavy atom. The van der Waals surface area contributed by atoms with Crippen LogP contribution >= 0.6 is 0 Å². The zero-order valence-corrected chi connectivity index (χ0v) is 11.0. The van der Waals surface area contributed by atoms with Gasteiger partial charge in [-0.25, -0.2) is 4.98 Å². The van der Waals surface area contributed by atoms with E-state index in [1.54, 1.807) is 19.3 Å². The minimum Gasteiger partial charge on any atom is -0.506 e. The Morgan fingerprint density at radius 2 is 2.06 bits per heavy atom. The van der Waals surface area contributed by atoms with Crippen LogP contribution in [0.5, 0.6) is 5.75 Å². The second-order valence-electron chi connectivity index (χ2n) is 4.67. The molecule has 0 unspecified atom stereocenters. The molecular weight excluding hydrogens is 228 g/mol. The first kappa shape index (κ1) is 13.0. The molecule has 98 valence electrons. The molecule has 0 amide bonds. The van der Waals surface area contributed by atoms with Gasteiger partial charge in [0, 0.05) is 39.8 Å². The third kappa shape index (κ3) is 3.27. The van der Waals surface area contributed by atoms with Crippen molar-refractivity contribution in [3.8, 4) is 5.75 Å². The number of likely N-dealkylation sites (N-methyl/N-ethyl adjacent to an activating group) is 1. The molecule has 1 aromatic rings. The second-order valence-corrected chi connectivity index (χ2v) is 4.67. The summed E-state index contributed by atoms with van der Waals surface area (Å²) in [6, 6.07) is 3.57. The zero-order valence-electron chi connectivity index (χ0n) is 11.0. The molecule has 1 saturated heterocycles. The lowest BCUT2D eigenvalue weighted by Gasteiger charge is -2.32. The van der Waals surface area contributed by atoms with E-state index in [0.29, 0.717) is 5.69 Å². The van der Waals surface area contributed by atoms with Crippen molar-refractivity contribution in [1.29, 1.82) is 0 Å². The maximum absolute atomic E-state index is 9.63. The first-order chi connectivity index (χ1) is 8.69. The van der Waals surface area contributed by atoms with Gasteiger partial charge in [-0.05, 0) is 19.2 Å². The summed E-state index contributed by atoms with van der Waals surface area (Å²) in [5.41, 5.74) is 1.52. The fraction of sp³-hybridized carbons (Fsp3) is 0.538. The molecular formula is C13H20N4O. The van der Waals surface area contributed by atoms with Gasteiger partial charge in [-0.15, -0.1) is 0 Å². The van der Waals surface area contributed by atoms with Gasteiger partial charge in [0.1, 0.15) is 11.4 Å². The van der Waals surface area contributed by atoms with Crippen LogP contribution in [0.2, 0.25) is 0 Å². The normalized spacial score (nSPS) is 18.6. The number of piperazine rings is 1. The predicted octanol–water partition coefficient (Wildman–Crippen LogP) is 0.583. The highest BCUT2D eigenvalue weighted by Crippen LogP contribution is 2.14. The minimum atomic E-state index is 0.183. The highest BCUT2D eigenvalue weighted by Gasteiger charge is 2.14. The molecule has 2 heterocycles. The number of pyridine rings is 1. The van der Waals surface area contributed by atoms with Crippen LogP contribution in [0, 0.1) is 0 Å². The summed E-state index contributed by atoms with van der Waals surface area (Å²) in [5.74, 6) is 0.183. The Labute approximate surface area is 108 Å². The molecule has 5 heteroatoms. The van der Waals surface area contributed by atoms with E-state index in [9.17, 15) is 5.11 Å². The molecule has 0 aromatic carbocycles. The van der Waals surface area contributed by atoms with Crippen LogP contribution in [0.4, 0.5) is 0 Å². The van der Waals surface area contributed by atoms with Crippen molar-refractivity contribution in [1.82, 2.24) is 14.8 Å². The van der Waals surface area contributed by atoms with E-state index >= 15 is 0 Å². The van der Waals surface area contributed by atoms with Crippen LogP contribution < -0.4 is 0 Å². The lowest BCUT2D eigenvalue weighted by molar-refractivity contribution is 0.147. The Morgan fingerprint density at radius 3 is 2.72 bits per heavy atom. The lowest BCUT2D eigenvalue weighted by Crippen LogP contribution is -2.44. The average Bonchev–Trinajstić information content (AvgIpc) is 2.37. The topological polar surface area (TPSA) is 52.0 Å². The van der Waals surface area contributed by atoms with Gasteiger partial charge in [0.25, 0.3) is 0 Å². The fourth-order valence-electron chi connectivity index (χ4n) is 2.05. The largest absolute Gasteiger partial charge is 0.506 e. The van der Waals surface area contributed by atoms with Gasteiger partial charge < -0.3 is 10.0 Å². The molecule has 0 bridgehead atoms. The molecule has 1 fully saturated rings. The Kier molecular flexibility index (Phi) is 4.28. The van der Waals surface area contributed by atoms with Gasteiger partial charge in [0.15, 0.2) is 0 Å². The van der Waals surface area contributed by atoms with E-state index in [1.165, 1.54) is 0 Å². The van der Waals surface area contributed by atoms with Gasteiger partial charge in [-0.2, -0.15) is 0 Å². The quantitative estimate of drug-likeness (QED) is 0.795. The van der Waals surface area contributed by atoms with Crippen molar-refractivity contribution >= 4 is 6.21 Å². The molecule has 2 rings (SSSR count). The molecule has 1 aromatic heterocycles. The van der Waals surface area contributed by atoms with Crippen LogP contribution in [-0.2, 0) is 6.54 Å². The second kappa shape index (κ2) is 5.93. The number of aliphatic imine (C=N–C) groups is 1. The minimum absolute atomic E-state index is 0.183. The van der Waals surface area contributed by atoms with Crippen molar-refractivity contribution in [3.63, 3.8) is 0 Å². The van der Waals surface area contributed by atoms with Crippen LogP contribution in [0.1, 0.15) is 11.4 Å². The summed E-state index contributed by atoms with van der Waals surface area (Å²) in [6.07, 6.45) is 1.59. The lowest BCUT2D eigenvalue weighted by atomic mass is 10.2. The summed E-state index contributed by atoms with van der Waals surface area (Å²) in [7, 11) is 3.82. The summed E-state index contributed by atoms with van der Waals surface area (Å²) < 4.78 is 0. The molecule has 0 aliphatic carbocycles. The molecule has 1 N–H and O–H groups in total. The van der Waals surface area contributed by atoms with Crippen molar-refractivity contribution in [2.45, 2.75) is 6.54 Å². The van der Waals surface area contributed by atoms with E-state index in [-0.39, 0.29) is 5.75 Å². The molecule has 1 aliphatic heterocycles. The average molecular weight is 248 g/mol. The van der Waals surface area contributed by atoms with Crippen LogP contribution in [-0.4, -0.2) is 66.4 Å². The summed E-state index contributed by atoms with van der Waals surface area (Å²) >= 11 is 0. The van der Waals surface area contributed by atoms with Gasteiger partial charge in [0.05, 0.1) is 11.9 Å². The number of nitrogens with zero attached hydrogens (tertiary/aromatic N) is 4. The van der Waals surface area contributed by atoms with Gasteiger partial charge in [-0.3, -0.25) is 9.89 Å². The number of rotatable bonds is 3. The van der Waals surface area contributed by atoms with Crippen molar-refractivity contribution in [2.75, 3.05) is 40.3 Å². The van der Waals surface area contributed by atoms with Crippen LogP contribution in [0.3, 0.4) is 0 Å². The first-order valence-corrected chi connectivity index (χ1v) is 6.21. The standard InChI is InChI=1S/C13H20N4O/c1-14-9-12-13(18)4-3-11(15-12)10-17-7-5-16(2)6-8-17/h3-4,9,18H,5-8,10H2,1-2H3/b14-9+. The Balaban J connectivity index is 2.03. The Hall–Kier alpha value is -1.46. The molecule has 0 saturated carbocycles. The summed E-state index contributed by atoms with van der Waals surface area (Å²) in [4.78, 5) is 13.0. The smallest absolute Gasteiger partial charge is 0.142 e. The number of aromatic nitrogens is 1. The van der Waals surface area contributed by atoms with E-state index < -0.39 is 0 Å². The van der Waals surface area contributed by atoms with E-state index in [4.69, 9.17) is 0 Å². The maximum atomic E-state index is 9.63. The third-order valence-electron chi connectivity index (χ3n) is 3.19. The van der Waals surface area contributed by atoms with Gasteiger partial charge in [0.2, 0.25) is 0 Å². The first-order valence-electron chi connectivity index (χ1n) is 6.21. The van der Waals surface area contributed by atoms with Gasteiger partial charge in [-0.1, -0.05) is 0 Å². The van der Waals surface area contributed by atoms with Crippen molar-refractivity contribution in [2.24, 2.45) is 4.99 Å². The molecule has 0 atom stereocenters. The monoisotopic (exact) mass is 248 g/mol. The summed E-state index contributed by atoms with van der Waals surface area (Å²) in [5, 5.41) is 9.63. The van der Waals surface area contributed by atoms with E-state index in [0.717, 1.165) is 38.4 Å². The number of aromatic hydroxyl groups is 1. The molecule has 1 aliphatic rings.